The normalized spacial score (nSPS) is 15.6. The number of nitrogens with zero attached hydrogens (tertiary/aromatic N) is 2. The summed E-state index contributed by atoms with van der Waals surface area (Å²) < 4.78 is 1.06. The van der Waals surface area contributed by atoms with Crippen LogP contribution in [0.5, 0.6) is 0 Å². The van der Waals surface area contributed by atoms with Gasteiger partial charge in [-0.3, -0.25) is 0 Å². The molecule has 1 aliphatic rings. The second-order valence-electron chi connectivity index (χ2n) is 7.33. The van der Waals surface area contributed by atoms with Crippen molar-refractivity contribution in [2.45, 2.75) is 6.17 Å². The van der Waals surface area contributed by atoms with Gasteiger partial charge in [0.1, 0.15) is 12.0 Å². The van der Waals surface area contributed by atoms with E-state index in [1.165, 1.54) is 0 Å². The monoisotopic (exact) mass is 465 g/mol. The molecule has 0 saturated heterocycles. The molecule has 0 aliphatic carbocycles. The molecule has 0 amide bonds. The van der Waals surface area contributed by atoms with Crippen molar-refractivity contribution in [1.29, 1.82) is 0 Å². The molecule has 4 aromatic rings. The second-order valence-corrected chi connectivity index (χ2v) is 8.24. The minimum absolute atomic E-state index is 0.196. The van der Waals surface area contributed by atoms with Gasteiger partial charge in [0.05, 0.1) is 0 Å². The van der Waals surface area contributed by atoms with Crippen LogP contribution in [0.2, 0.25) is 0 Å². The Morgan fingerprint density at radius 1 is 0.613 bits per heavy atom. The van der Waals surface area contributed by atoms with Gasteiger partial charge in [0, 0.05) is 15.6 Å². The van der Waals surface area contributed by atoms with Crippen molar-refractivity contribution in [3.63, 3.8) is 0 Å². The Morgan fingerprint density at radius 3 is 1.97 bits per heavy atom. The molecule has 31 heavy (non-hydrogen) atoms. The molecular formula is C27H20BrN3. The van der Waals surface area contributed by atoms with E-state index in [1.807, 2.05) is 48.5 Å². The maximum Gasteiger partial charge on any atom is 0.159 e. The zero-order valence-corrected chi connectivity index (χ0v) is 18.3. The Hall–Kier alpha value is -3.50. The summed E-state index contributed by atoms with van der Waals surface area (Å²) in [6.45, 7) is 0. The van der Waals surface area contributed by atoms with Crippen LogP contribution in [0.25, 0.3) is 11.1 Å². The fourth-order valence-corrected chi connectivity index (χ4v) is 4.03. The molecule has 5 rings (SSSR count). The number of nitrogens with one attached hydrogen (secondary N) is 1. The molecule has 1 unspecified atom stereocenters. The van der Waals surface area contributed by atoms with Gasteiger partial charge in [0.15, 0.2) is 5.84 Å². The van der Waals surface area contributed by atoms with Crippen LogP contribution in [-0.2, 0) is 0 Å². The zero-order valence-electron chi connectivity index (χ0n) is 16.7. The number of amidine groups is 2. The Bertz CT molecular complexity index is 1260. The number of hydrogen-bond acceptors (Lipinski definition) is 3. The first-order valence-corrected chi connectivity index (χ1v) is 11.0. The summed E-state index contributed by atoms with van der Waals surface area (Å²) in [5, 5.41) is 3.50. The van der Waals surface area contributed by atoms with Crippen LogP contribution in [0.1, 0.15) is 22.9 Å². The summed E-state index contributed by atoms with van der Waals surface area (Å²) in [6.07, 6.45) is -0.196. The van der Waals surface area contributed by atoms with Crippen molar-refractivity contribution in [2.75, 3.05) is 0 Å². The lowest BCUT2D eigenvalue weighted by Gasteiger charge is -2.23. The van der Waals surface area contributed by atoms with Crippen molar-refractivity contribution in [3.05, 3.63) is 130 Å². The molecule has 0 saturated carbocycles. The van der Waals surface area contributed by atoms with Gasteiger partial charge in [-0.05, 0) is 34.9 Å². The standard InChI is InChI=1S/C27H20BrN3/c28-24-16-8-14-22(18-24)21-13-7-15-23(17-21)27-30-25(19-9-3-1-4-10-19)29-26(31-27)20-11-5-2-6-12-20/h1-18,25H,(H,29,30,31). The van der Waals surface area contributed by atoms with E-state index >= 15 is 0 Å². The summed E-state index contributed by atoms with van der Waals surface area (Å²) in [4.78, 5) is 9.86. The van der Waals surface area contributed by atoms with Crippen LogP contribution < -0.4 is 5.32 Å². The average molecular weight is 466 g/mol. The highest BCUT2D eigenvalue weighted by Crippen LogP contribution is 2.26. The van der Waals surface area contributed by atoms with Gasteiger partial charge in [0.25, 0.3) is 0 Å². The third-order valence-corrected chi connectivity index (χ3v) is 5.68. The van der Waals surface area contributed by atoms with E-state index in [0.717, 1.165) is 44.0 Å². The van der Waals surface area contributed by atoms with Gasteiger partial charge in [0.2, 0.25) is 0 Å². The van der Waals surface area contributed by atoms with Crippen molar-refractivity contribution in [3.8, 4) is 11.1 Å². The van der Waals surface area contributed by atoms with Crippen LogP contribution in [0.15, 0.2) is 124 Å². The van der Waals surface area contributed by atoms with Crippen molar-refractivity contribution < 1.29 is 0 Å². The summed E-state index contributed by atoms with van der Waals surface area (Å²) in [6, 6.07) is 37.2. The van der Waals surface area contributed by atoms with Gasteiger partial charge in [-0.2, -0.15) is 0 Å². The Morgan fingerprint density at radius 2 is 1.23 bits per heavy atom. The van der Waals surface area contributed by atoms with E-state index in [9.17, 15) is 0 Å². The lowest BCUT2D eigenvalue weighted by Crippen LogP contribution is -2.33. The van der Waals surface area contributed by atoms with Crippen LogP contribution in [0.4, 0.5) is 0 Å². The molecule has 0 radical (unpaired) electrons. The quantitative estimate of drug-likeness (QED) is 0.361. The molecule has 1 aliphatic heterocycles. The summed E-state index contributed by atoms with van der Waals surface area (Å²) in [5.41, 5.74) is 5.42. The average Bonchev–Trinajstić information content (AvgIpc) is 2.85. The number of benzene rings is 4. The summed E-state index contributed by atoms with van der Waals surface area (Å²) in [7, 11) is 0. The molecule has 0 spiro atoms. The topological polar surface area (TPSA) is 36.8 Å². The van der Waals surface area contributed by atoms with Gasteiger partial charge in [-0.15, -0.1) is 0 Å². The van der Waals surface area contributed by atoms with E-state index in [0.29, 0.717) is 0 Å². The highest BCUT2D eigenvalue weighted by molar-refractivity contribution is 9.10. The second kappa shape index (κ2) is 8.70. The number of aliphatic imine (C=N–C) groups is 2. The molecule has 0 aromatic heterocycles. The minimum atomic E-state index is -0.196. The van der Waals surface area contributed by atoms with Gasteiger partial charge < -0.3 is 5.32 Å². The van der Waals surface area contributed by atoms with Crippen LogP contribution in [-0.4, -0.2) is 11.7 Å². The van der Waals surface area contributed by atoms with Crippen LogP contribution >= 0.6 is 15.9 Å². The first-order chi connectivity index (χ1) is 15.3. The third-order valence-electron chi connectivity index (χ3n) is 5.18. The van der Waals surface area contributed by atoms with E-state index < -0.39 is 0 Å². The van der Waals surface area contributed by atoms with Crippen molar-refractivity contribution >= 4 is 27.6 Å². The smallest absolute Gasteiger partial charge is 0.159 e. The zero-order chi connectivity index (χ0) is 21.0. The molecule has 3 nitrogen and oxygen atoms in total. The molecule has 1 N–H and O–H groups in total. The first kappa shape index (κ1) is 19.5. The maximum absolute atomic E-state index is 4.96. The van der Waals surface area contributed by atoms with Crippen molar-refractivity contribution in [2.24, 2.45) is 9.98 Å². The van der Waals surface area contributed by atoms with E-state index in [-0.39, 0.29) is 6.17 Å². The van der Waals surface area contributed by atoms with E-state index in [1.54, 1.807) is 0 Å². The third kappa shape index (κ3) is 4.35. The fourth-order valence-electron chi connectivity index (χ4n) is 3.63. The largest absolute Gasteiger partial charge is 0.344 e. The molecule has 1 heterocycles. The predicted octanol–water partition coefficient (Wildman–Crippen LogP) is 6.61. The van der Waals surface area contributed by atoms with E-state index in [2.05, 4.69) is 81.9 Å². The van der Waals surface area contributed by atoms with Crippen molar-refractivity contribution in [1.82, 2.24) is 5.32 Å². The highest BCUT2D eigenvalue weighted by atomic mass is 79.9. The summed E-state index contributed by atoms with van der Waals surface area (Å²) >= 11 is 3.57. The SMILES string of the molecule is Brc1cccc(-c2cccc(C3=NC(c4ccccc4)NC(c4ccccc4)=N3)c2)c1. The number of halogens is 1. The lowest BCUT2D eigenvalue weighted by atomic mass is 10.0. The first-order valence-electron chi connectivity index (χ1n) is 10.2. The predicted molar refractivity (Wildman–Crippen MR) is 131 cm³/mol. The minimum Gasteiger partial charge on any atom is -0.344 e. The highest BCUT2D eigenvalue weighted by Gasteiger charge is 2.20. The molecule has 4 aromatic carbocycles. The Kier molecular flexibility index (Phi) is 5.46. The Labute approximate surface area is 190 Å². The molecule has 0 fully saturated rings. The van der Waals surface area contributed by atoms with Crippen LogP contribution in [0, 0.1) is 0 Å². The molecule has 0 bridgehead atoms. The summed E-state index contributed by atoms with van der Waals surface area (Å²) in [5.74, 6) is 1.55. The maximum atomic E-state index is 4.96. The van der Waals surface area contributed by atoms with E-state index in [4.69, 9.17) is 9.98 Å². The number of rotatable bonds is 4. The van der Waals surface area contributed by atoms with Gasteiger partial charge in [-0.25, -0.2) is 9.98 Å². The lowest BCUT2D eigenvalue weighted by molar-refractivity contribution is 0.674. The molecule has 150 valence electrons. The number of hydrogen-bond donors (Lipinski definition) is 1. The molecule has 4 heteroatoms. The van der Waals surface area contributed by atoms with Gasteiger partial charge in [-0.1, -0.05) is 107 Å². The Balaban J connectivity index is 1.59. The van der Waals surface area contributed by atoms with Crippen LogP contribution in [0.3, 0.4) is 0 Å². The molecular weight excluding hydrogens is 446 g/mol. The van der Waals surface area contributed by atoms with Gasteiger partial charge >= 0.3 is 0 Å². The molecule has 1 atom stereocenters. The fraction of sp³-hybridized carbons (Fsp3) is 0.0370.